The number of ketones is 1. The van der Waals surface area contributed by atoms with Crippen LogP contribution in [0.25, 0.3) is 11.3 Å². The molecule has 1 aromatic carbocycles. The van der Waals surface area contributed by atoms with Gasteiger partial charge >= 0.3 is 0 Å². The molecule has 96 valence electrons. The summed E-state index contributed by atoms with van der Waals surface area (Å²) in [7, 11) is 0. The number of carbonyl (C=O) groups is 2. The third kappa shape index (κ3) is 2.22. The van der Waals surface area contributed by atoms with Crippen LogP contribution in [0.2, 0.25) is 0 Å². The Kier molecular flexibility index (Phi) is 2.79. The quantitative estimate of drug-likeness (QED) is 0.667. The highest BCUT2D eigenvalue weighted by Crippen LogP contribution is 2.29. The fourth-order valence-corrected chi connectivity index (χ4v) is 2.78. The van der Waals surface area contributed by atoms with E-state index in [2.05, 4.69) is 4.98 Å². The van der Waals surface area contributed by atoms with Gasteiger partial charge in [-0.25, -0.2) is 4.98 Å². The molecule has 19 heavy (non-hydrogen) atoms. The number of nitrogen functional groups attached to an aromatic ring is 1. The first-order chi connectivity index (χ1) is 9.13. The van der Waals surface area contributed by atoms with Crippen LogP contribution in [0.3, 0.4) is 0 Å². The Morgan fingerprint density at radius 2 is 1.95 bits per heavy atom. The zero-order valence-electron chi connectivity index (χ0n) is 10.00. The number of aromatic nitrogens is 1. The second-order valence-electron chi connectivity index (χ2n) is 4.33. The van der Waals surface area contributed by atoms with E-state index in [1.807, 2.05) is 17.5 Å². The molecule has 0 aliphatic carbocycles. The Balaban J connectivity index is 1.89. The van der Waals surface area contributed by atoms with E-state index in [1.54, 1.807) is 12.1 Å². The number of Topliss-reactive ketones (excluding diaryl/α,β-unsaturated/α-hetero) is 1. The third-order valence-corrected chi connectivity index (χ3v) is 3.78. The molecular weight excluding hydrogens is 262 g/mol. The molecule has 0 bridgehead atoms. The number of hydrogen-bond acceptors (Lipinski definition) is 5. The molecule has 2 heterocycles. The van der Waals surface area contributed by atoms with Crippen molar-refractivity contribution in [3.8, 4) is 11.3 Å². The van der Waals surface area contributed by atoms with Crippen LogP contribution in [0.4, 0.5) is 10.8 Å². The van der Waals surface area contributed by atoms with E-state index < -0.39 is 0 Å². The predicted molar refractivity (Wildman–Crippen MR) is 73.9 cm³/mol. The molecule has 0 radical (unpaired) electrons. The van der Waals surface area contributed by atoms with Gasteiger partial charge < -0.3 is 5.73 Å². The highest BCUT2D eigenvalue weighted by Gasteiger charge is 2.30. The average molecular weight is 273 g/mol. The zero-order valence-corrected chi connectivity index (χ0v) is 10.8. The lowest BCUT2D eigenvalue weighted by atomic mass is 10.1. The van der Waals surface area contributed by atoms with Crippen molar-refractivity contribution in [2.75, 3.05) is 17.2 Å². The summed E-state index contributed by atoms with van der Waals surface area (Å²) in [6.07, 6.45) is -0.0171. The van der Waals surface area contributed by atoms with Crippen LogP contribution in [0.1, 0.15) is 6.42 Å². The first-order valence-electron chi connectivity index (χ1n) is 5.77. The lowest BCUT2D eigenvalue weighted by Crippen LogP contribution is -2.24. The fourth-order valence-electron chi connectivity index (χ4n) is 1.93. The summed E-state index contributed by atoms with van der Waals surface area (Å²) in [6.45, 7) is 0.132. The van der Waals surface area contributed by atoms with Gasteiger partial charge in [0.1, 0.15) is 0 Å². The lowest BCUT2D eigenvalue weighted by molar-refractivity contribution is -0.121. The van der Waals surface area contributed by atoms with Crippen molar-refractivity contribution in [1.29, 1.82) is 0 Å². The van der Waals surface area contributed by atoms with E-state index >= 15 is 0 Å². The number of nitrogens with zero attached hydrogens (tertiary/aromatic N) is 2. The van der Waals surface area contributed by atoms with E-state index in [9.17, 15) is 9.59 Å². The Morgan fingerprint density at radius 3 is 2.58 bits per heavy atom. The van der Waals surface area contributed by atoms with E-state index in [0.717, 1.165) is 11.3 Å². The first kappa shape index (κ1) is 11.9. The summed E-state index contributed by atoms with van der Waals surface area (Å²) in [5.41, 5.74) is 8.05. The molecule has 1 saturated heterocycles. The number of thiazole rings is 1. The van der Waals surface area contributed by atoms with Crippen LogP contribution in [-0.2, 0) is 9.59 Å². The van der Waals surface area contributed by atoms with Crippen LogP contribution in [-0.4, -0.2) is 23.2 Å². The molecule has 0 unspecified atom stereocenters. The van der Waals surface area contributed by atoms with Gasteiger partial charge in [-0.2, -0.15) is 0 Å². The molecular formula is C13H11N3O2S. The van der Waals surface area contributed by atoms with E-state index in [4.69, 9.17) is 5.73 Å². The standard InChI is InChI=1S/C13H11N3O2S/c14-9-3-1-8(2-4-9)11-7-19-13(15-11)16-6-10(17)5-12(16)18/h1-4,7H,5-6,14H2. The van der Waals surface area contributed by atoms with Gasteiger partial charge in [0, 0.05) is 16.6 Å². The van der Waals surface area contributed by atoms with Crippen molar-refractivity contribution in [2.45, 2.75) is 6.42 Å². The van der Waals surface area contributed by atoms with Crippen LogP contribution in [0, 0.1) is 0 Å². The highest BCUT2D eigenvalue weighted by molar-refractivity contribution is 7.14. The predicted octanol–water partition coefficient (Wildman–Crippen LogP) is 1.70. The molecule has 1 aliphatic rings. The molecule has 1 fully saturated rings. The van der Waals surface area contributed by atoms with Crippen molar-refractivity contribution in [2.24, 2.45) is 0 Å². The Labute approximate surface area is 113 Å². The molecule has 1 aliphatic heterocycles. The molecule has 6 heteroatoms. The van der Waals surface area contributed by atoms with Crippen molar-refractivity contribution >= 4 is 33.8 Å². The molecule has 1 aromatic heterocycles. The van der Waals surface area contributed by atoms with Gasteiger partial charge in [0.05, 0.1) is 18.7 Å². The second kappa shape index (κ2) is 4.47. The van der Waals surface area contributed by atoms with E-state index in [1.165, 1.54) is 16.2 Å². The monoisotopic (exact) mass is 273 g/mol. The van der Waals surface area contributed by atoms with Gasteiger partial charge in [0.15, 0.2) is 10.9 Å². The molecule has 5 nitrogen and oxygen atoms in total. The Morgan fingerprint density at radius 1 is 1.21 bits per heavy atom. The van der Waals surface area contributed by atoms with Crippen molar-refractivity contribution < 1.29 is 9.59 Å². The number of nitrogens with two attached hydrogens (primary N) is 1. The number of hydrogen-bond donors (Lipinski definition) is 1. The molecule has 0 spiro atoms. The minimum absolute atomic E-state index is 0.0171. The number of amides is 1. The second-order valence-corrected chi connectivity index (χ2v) is 5.17. The van der Waals surface area contributed by atoms with E-state index in [-0.39, 0.29) is 24.7 Å². The van der Waals surface area contributed by atoms with Gasteiger partial charge in [0.25, 0.3) is 0 Å². The number of anilines is 2. The minimum Gasteiger partial charge on any atom is -0.399 e. The van der Waals surface area contributed by atoms with Crippen LogP contribution in [0.5, 0.6) is 0 Å². The lowest BCUT2D eigenvalue weighted by Gasteiger charge is -2.09. The summed E-state index contributed by atoms with van der Waals surface area (Å²) in [5.74, 6) is -0.238. The van der Waals surface area contributed by atoms with Gasteiger partial charge in [-0.3, -0.25) is 14.5 Å². The SMILES string of the molecule is Nc1ccc(-c2csc(N3CC(=O)CC3=O)n2)cc1. The van der Waals surface area contributed by atoms with Gasteiger partial charge in [-0.15, -0.1) is 11.3 Å². The Bertz CT molecular complexity index is 648. The summed E-state index contributed by atoms with van der Waals surface area (Å²) in [6, 6.07) is 7.37. The molecule has 1 amide bonds. The van der Waals surface area contributed by atoms with Crippen LogP contribution < -0.4 is 10.6 Å². The largest absolute Gasteiger partial charge is 0.399 e. The minimum atomic E-state index is -0.178. The summed E-state index contributed by atoms with van der Waals surface area (Å²) in [5, 5.41) is 2.44. The van der Waals surface area contributed by atoms with Crippen molar-refractivity contribution in [3.05, 3.63) is 29.6 Å². The zero-order chi connectivity index (χ0) is 13.4. The van der Waals surface area contributed by atoms with Crippen molar-refractivity contribution in [1.82, 2.24) is 4.98 Å². The summed E-state index contributed by atoms with van der Waals surface area (Å²) in [4.78, 5) is 28.7. The molecule has 3 rings (SSSR count). The van der Waals surface area contributed by atoms with Crippen LogP contribution >= 0.6 is 11.3 Å². The fraction of sp³-hybridized carbons (Fsp3) is 0.154. The highest BCUT2D eigenvalue weighted by atomic mass is 32.1. The molecule has 0 saturated carbocycles. The topological polar surface area (TPSA) is 76.3 Å². The summed E-state index contributed by atoms with van der Waals surface area (Å²) >= 11 is 1.36. The normalized spacial score (nSPS) is 15.3. The number of rotatable bonds is 2. The third-order valence-electron chi connectivity index (χ3n) is 2.91. The van der Waals surface area contributed by atoms with Gasteiger partial charge in [-0.05, 0) is 12.1 Å². The van der Waals surface area contributed by atoms with Crippen molar-refractivity contribution in [3.63, 3.8) is 0 Å². The molecule has 0 atom stereocenters. The van der Waals surface area contributed by atoms with Gasteiger partial charge in [0.2, 0.25) is 5.91 Å². The maximum absolute atomic E-state index is 11.6. The first-order valence-corrected chi connectivity index (χ1v) is 6.65. The Hall–Kier alpha value is -2.21. The average Bonchev–Trinajstić information content (AvgIpc) is 2.97. The molecule has 2 N–H and O–H groups in total. The number of benzene rings is 1. The van der Waals surface area contributed by atoms with Crippen LogP contribution in [0.15, 0.2) is 29.6 Å². The summed E-state index contributed by atoms with van der Waals surface area (Å²) < 4.78 is 0. The smallest absolute Gasteiger partial charge is 0.236 e. The van der Waals surface area contributed by atoms with Gasteiger partial charge in [-0.1, -0.05) is 12.1 Å². The number of carbonyl (C=O) groups excluding carboxylic acids is 2. The maximum atomic E-state index is 11.6. The maximum Gasteiger partial charge on any atom is 0.236 e. The van der Waals surface area contributed by atoms with E-state index in [0.29, 0.717) is 10.8 Å². The molecule has 2 aromatic rings.